The summed E-state index contributed by atoms with van der Waals surface area (Å²) in [5, 5.41) is 25.6. The molecule has 1 rings (SSSR count). The molecule has 0 aromatic carbocycles. The van der Waals surface area contributed by atoms with Crippen LogP contribution in [-0.2, 0) is 4.79 Å². The Bertz CT molecular complexity index is 361. The van der Waals surface area contributed by atoms with Crippen LogP contribution in [0.5, 0.6) is 0 Å². The third-order valence-corrected chi connectivity index (χ3v) is 1.70. The van der Waals surface area contributed by atoms with E-state index in [0.717, 1.165) is 0 Å². The van der Waals surface area contributed by atoms with Crippen LogP contribution in [0.3, 0.4) is 0 Å². The fourth-order valence-electron chi connectivity index (χ4n) is 0.970. The van der Waals surface area contributed by atoms with Gasteiger partial charge in [-0.2, -0.15) is 4.39 Å². The number of halogens is 3. The van der Waals surface area contributed by atoms with Crippen LogP contribution in [0.1, 0.15) is 6.42 Å². The normalized spacial score (nSPS) is 26.4. The predicted octanol–water partition coefficient (Wildman–Crippen LogP) is 0.715. The largest absolute Gasteiger partial charge is 0.504 e. The summed E-state index contributed by atoms with van der Waals surface area (Å²) in [6.45, 7) is 0. The van der Waals surface area contributed by atoms with Gasteiger partial charge in [-0.3, -0.25) is 0 Å². The minimum atomic E-state index is -3.58. The number of alkyl halides is 1. The number of carbonyl (C=O) groups is 1. The maximum atomic E-state index is 12.8. The van der Waals surface area contributed by atoms with Gasteiger partial charge in [0.2, 0.25) is 5.83 Å². The number of carboxylic acids is 1. The zero-order chi connectivity index (χ0) is 11.1. The molecule has 0 bridgehead atoms. The average molecular weight is 233 g/mol. The second kappa shape index (κ2) is 4.56. The Kier molecular flexibility index (Phi) is 4.41. The summed E-state index contributed by atoms with van der Waals surface area (Å²) in [6, 6.07) is 0. The monoisotopic (exact) mass is 233 g/mol. The standard InChI is InChI=1S/C7H5F3O4.Na/c8-3-2(6(12)13)1-7(10,14)5(11)4(3)9;/h11,14H,1H2,(H,12,13);. The number of hydrogen-bond acceptors (Lipinski definition) is 3. The summed E-state index contributed by atoms with van der Waals surface area (Å²) in [5.41, 5.74) is -1.26. The molecule has 3 N–H and O–H groups in total. The van der Waals surface area contributed by atoms with Crippen molar-refractivity contribution in [3.05, 3.63) is 23.0 Å². The molecule has 79 valence electrons. The molecular formula is C7H5F3NaO4. The van der Waals surface area contributed by atoms with E-state index in [0.29, 0.717) is 0 Å². The number of aliphatic carboxylic acids is 1. The van der Waals surface area contributed by atoms with Crippen LogP contribution in [0.4, 0.5) is 13.2 Å². The molecule has 0 aliphatic heterocycles. The Morgan fingerprint density at radius 2 is 1.80 bits per heavy atom. The van der Waals surface area contributed by atoms with Crippen LogP contribution < -0.4 is 0 Å². The van der Waals surface area contributed by atoms with E-state index in [1.54, 1.807) is 0 Å². The van der Waals surface area contributed by atoms with E-state index in [4.69, 9.17) is 15.3 Å². The molecule has 0 fully saturated rings. The summed E-state index contributed by atoms with van der Waals surface area (Å²) < 4.78 is 38.2. The van der Waals surface area contributed by atoms with Crippen molar-refractivity contribution in [3.8, 4) is 0 Å². The summed E-state index contributed by atoms with van der Waals surface area (Å²) >= 11 is 0. The van der Waals surface area contributed by atoms with Gasteiger partial charge in [0, 0.05) is 36.0 Å². The van der Waals surface area contributed by atoms with E-state index in [1.807, 2.05) is 0 Å². The SMILES string of the molecule is O=C(O)C1=C(F)C(F)=C(O)C(O)(F)C1.[Na]. The van der Waals surface area contributed by atoms with Crippen LogP contribution in [0.2, 0.25) is 0 Å². The predicted molar refractivity (Wildman–Crippen MR) is 43.0 cm³/mol. The number of aliphatic hydroxyl groups is 2. The van der Waals surface area contributed by atoms with Crippen LogP contribution >= 0.6 is 0 Å². The molecule has 1 aliphatic carbocycles. The van der Waals surface area contributed by atoms with Crippen molar-refractivity contribution >= 4 is 35.5 Å². The van der Waals surface area contributed by atoms with Gasteiger partial charge in [0.05, 0.1) is 5.57 Å². The minimum Gasteiger partial charge on any atom is -0.504 e. The zero-order valence-electron chi connectivity index (χ0n) is 7.59. The van der Waals surface area contributed by atoms with Crippen molar-refractivity contribution in [2.45, 2.75) is 12.3 Å². The van der Waals surface area contributed by atoms with Crippen molar-refractivity contribution in [1.82, 2.24) is 0 Å². The van der Waals surface area contributed by atoms with E-state index in [-0.39, 0.29) is 29.6 Å². The van der Waals surface area contributed by atoms with Gasteiger partial charge in [-0.1, -0.05) is 0 Å². The first-order valence-corrected chi connectivity index (χ1v) is 3.40. The maximum absolute atomic E-state index is 12.8. The fraction of sp³-hybridized carbons (Fsp3) is 0.286. The minimum absolute atomic E-state index is 0. The van der Waals surface area contributed by atoms with E-state index in [9.17, 15) is 18.0 Å². The van der Waals surface area contributed by atoms with Crippen LogP contribution in [-0.4, -0.2) is 56.7 Å². The third-order valence-electron chi connectivity index (χ3n) is 1.70. The first kappa shape index (κ1) is 14.5. The molecule has 0 saturated carbocycles. The maximum Gasteiger partial charge on any atom is 0.334 e. The Morgan fingerprint density at radius 1 is 1.33 bits per heavy atom. The van der Waals surface area contributed by atoms with Crippen molar-refractivity contribution in [2.24, 2.45) is 0 Å². The van der Waals surface area contributed by atoms with E-state index in [2.05, 4.69) is 0 Å². The molecule has 1 radical (unpaired) electrons. The Balaban J connectivity index is 0.00000196. The van der Waals surface area contributed by atoms with Gasteiger partial charge in [0.1, 0.15) is 0 Å². The zero-order valence-corrected chi connectivity index (χ0v) is 9.59. The van der Waals surface area contributed by atoms with Crippen molar-refractivity contribution < 1.29 is 33.3 Å². The summed E-state index contributed by atoms with van der Waals surface area (Å²) in [4.78, 5) is 10.3. The molecular weight excluding hydrogens is 228 g/mol. The van der Waals surface area contributed by atoms with Crippen molar-refractivity contribution in [2.75, 3.05) is 0 Å². The number of carboxylic acid groups (broad SMARTS) is 1. The molecule has 0 aromatic heterocycles. The number of rotatable bonds is 1. The molecule has 8 heteroatoms. The molecule has 0 heterocycles. The summed E-state index contributed by atoms with van der Waals surface area (Å²) in [7, 11) is 0. The first-order chi connectivity index (χ1) is 6.27. The average Bonchev–Trinajstić information content (AvgIpc) is 2.08. The third kappa shape index (κ3) is 2.54. The van der Waals surface area contributed by atoms with Crippen molar-refractivity contribution in [3.63, 3.8) is 0 Å². The van der Waals surface area contributed by atoms with Gasteiger partial charge in [-0.15, -0.1) is 0 Å². The Morgan fingerprint density at radius 3 is 2.20 bits per heavy atom. The van der Waals surface area contributed by atoms with E-state index in [1.165, 1.54) is 0 Å². The first-order valence-electron chi connectivity index (χ1n) is 3.40. The molecule has 15 heavy (non-hydrogen) atoms. The Labute approximate surface area is 104 Å². The Hall–Kier alpha value is -0.500. The topological polar surface area (TPSA) is 77.8 Å². The second-order valence-electron chi connectivity index (χ2n) is 2.70. The van der Waals surface area contributed by atoms with Gasteiger partial charge >= 0.3 is 5.97 Å². The molecule has 0 spiro atoms. The summed E-state index contributed by atoms with van der Waals surface area (Å²) in [5.74, 6) is -11.3. The van der Waals surface area contributed by atoms with Gasteiger partial charge in [0.25, 0.3) is 5.85 Å². The second-order valence-corrected chi connectivity index (χ2v) is 2.70. The fourth-order valence-corrected chi connectivity index (χ4v) is 0.970. The van der Waals surface area contributed by atoms with Crippen LogP contribution in [0.15, 0.2) is 23.0 Å². The van der Waals surface area contributed by atoms with Gasteiger partial charge < -0.3 is 15.3 Å². The number of allylic oxidation sites excluding steroid dienone is 2. The number of aliphatic hydroxyl groups excluding tert-OH is 1. The van der Waals surface area contributed by atoms with Gasteiger partial charge in [-0.05, 0) is 0 Å². The van der Waals surface area contributed by atoms with Gasteiger partial charge in [0.15, 0.2) is 11.6 Å². The molecule has 1 aliphatic rings. The molecule has 0 saturated heterocycles. The molecule has 0 amide bonds. The smallest absolute Gasteiger partial charge is 0.334 e. The van der Waals surface area contributed by atoms with Crippen LogP contribution in [0, 0.1) is 0 Å². The molecule has 4 nitrogen and oxygen atoms in total. The number of hydrogen-bond donors (Lipinski definition) is 3. The quantitative estimate of drug-likeness (QED) is 0.583. The van der Waals surface area contributed by atoms with Crippen molar-refractivity contribution in [1.29, 1.82) is 0 Å². The molecule has 1 unspecified atom stereocenters. The van der Waals surface area contributed by atoms with Gasteiger partial charge in [-0.25, -0.2) is 13.6 Å². The summed E-state index contributed by atoms with van der Waals surface area (Å²) in [6.07, 6.45) is -1.34. The molecule has 1 atom stereocenters. The molecule has 0 aromatic rings. The van der Waals surface area contributed by atoms with E-state index >= 15 is 0 Å². The van der Waals surface area contributed by atoms with Crippen LogP contribution in [0.25, 0.3) is 0 Å². The van der Waals surface area contributed by atoms with E-state index < -0.39 is 41.2 Å².